The minimum atomic E-state index is -0.00796. The molecule has 1 rings (SSSR count). The van der Waals surface area contributed by atoms with Gasteiger partial charge >= 0.3 is 0 Å². The van der Waals surface area contributed by atoms with Crippen LogP contribution in [0.1, 0.15) is 13.8 Å². The number of nitrogens with one attached hydrogen (secondary N) is 3. The number of guanidine groups is 1. The van der Waals surface area contributed by atoms with E-state index >= 15 is 0 Å². The third-order valence-corrected chi connectivity index (χ3v) is 1.54. The molecule has 74 valence electrons. The van der Waals surface area contributed by atoms with Crippen molar-refractivity contribution in [3.05, 3.63) is 0 Å². The monoisotopic (exact) mass is 184 g/mol. The van der Waals surface area contributed by atoms with Gasteiger partial charge in [-0.1, -0.05) is 0 Å². The number of amides is 1. The Morgan fingerprint density at radius 1 is 1.69 bits per heavy atom. The van der Waals surface area contributed by atoms with Crippen LogP contribution in [0.15, 0.2) is 4.99 Å². The molecule has 0 aromatic heterocycles. The maximum absolute atomic E-state index is 11.2. The molecule has 0 aromatic carbocycles. The smallest absolute Gasteiger partial charge is 0.239 e. The average molecular weight is 184 g/mol. The van der Waals surface area contributed by atoms with Crippen LogP contribution in [0.5, 0.6) is 0 Å². The summed E-state index contributed by atoms with van der Waals surface area (Å²) in [6.45, 7) is 5.79. The Morgan fingerprint density at radius 2 is 2.46 bits per heavy atom. The largest absolute Gasteiger partial charge is 0.355 e. The number of hydrogen-bond donors (Lipinski definition) is 3. The van der Waals surface area contributed by atoms with Gasteiger partial charge in [0.1, 0.15) is 0 Å². The van der Waals surface area contributed by atoms with Gasteiger partial charge in [-0.2, -0.15) is 0 Å². The zero-order valence-corrected chi connectivity index (χ0v) is 8.05. The lowest BCUT2D eigenvalue weighted by Gasteiger charge is -2.09. The van der Waals surface area contributed by atoms with Gasteiger partial charge in [0.15, 0.2) is 5.96 Å². The fraction of sp³-hybridized carbons (Fsp3) is 0.750. The summed E-state index contributed by atoms with van der Waals surface area (Å²) in [7, 11) is 0. The fourth-order valence-corrected chi connectivity index (χ4v) is 1.05. The van der Waals surface area contributed by atoms with E-state index in [2.05, 4.69) is 20.9 Å². The summed E-state index contributed by atoms with van der Waals surface area (Å²) >= 11 is 0. The van der Waals surface area contributed by atoms with Crippen molar-refractivity contribution in [2.24, 2.45) is 4.99 Å². The zero-order valence-electron chi connectivity index (χ0n) is 8.05. The highest BCUT2D eigenvalue weighted by atomic mass is 16.1. The topological polar surface area (TPSA) is 65.5 Å². The Kier molecular flexibility index (Phi) is 3.54. The molecule has 0 aromatic rings. The van der Waals surface area contributed by atoms with Crippen LogP contribution in [0.25, 0.3) is 0 Å². The Bertz CT molecular complexity index is 212. The first-order valence-corrected chi connectivity index (χ1v) is 4.50. The second kappa shape index (κ2) is 4.69. The molecule has 1 aliphatic rings. The first-order chi connectivity index (χ1) is 6.18. The zero-order chi connectivity index (χ0) is 9.68. The van der Waals surface area contributed by atoms with Crippen molar-refractivity contribution in [1.29, 1.82) is 0 Å². The molecule has 5 heteroatoms. The molecule has 5 nitrogen and oxygen atoms in total. The summed E-state index contributed by atoms with van der Waals surface area (Å²) in [5.74, 6) is 0.713. The summed E-state index contributed by atoms with van der Waals surface area (Å²) < 4.78 is 0. The van der Waals surface area contributed by atoms with Gasteiger partial charge in [-0.3, -0.25) is 9.79 Å². The van der Waals surface area contributed by atoms with E-state index in [4.69, 9.17) is 0 Å². The molecule has 0 unspecified atom stereocenters. The van der Waals surface area contributed by atoms with Crippen molar-refractivity contribution in [2.75, 3.05) is 19.6 Å². The van der Waals surface area contributed by atoms with Crippen LogP contribution in [0.2, 0.25) is 0 Å². The van der Waals surface area contributed by atoms with Crippen LogP contribution in [0.4, 0.5) is 0 Å². The van der Waals surface area contributed by atoms with Crippen LogP contribution in [-0.4, -0.2) is 37.5 Å². The van der Waals surface area contributed by atoms with Gasteiger partial charge in [0.2, 0.25) is 5.91 Å². The number of nitrogens with zero attached hydrogens (tertiary/aromatic N) is 1. The predicted molar refractivity (Wildman–Crippen MR) is 51.6 cm³/mol. The van der Waals surface area contributed by atoms with Crippen LogP contribution in [0.3, 0.4) is 0 Å². The molecule has 1 aliphatic heterocycles. The van der Waals surface area contributed by atoms with Gasteiger partial charge in [0.05, 0.1) is 13.1 Å². The van der Waals surface area contributed by atoms with Gasteiger partial charge in [-0.25, -0.2) is 0 Å². The summed E-state index contributed by atoms with van der Waals surface area (Å²) in [4.78, 5) is 15.3. The molecule has 0 atom stereocenters. The van der Waals surface area contributed by atoms with Crippen molar-refractivity contribution >= 4 is 11.9 Å². The molecule has 0 fully saturated rings. The molecule has 0 saturated carbocycles. The van der Waals surface area contributed by atoms with Crippen LogP contribution >= 0.6 is 0 Å². The second-order valence-corrected chi connectivity index (χ2v) is 3.23. The highest BCUT2D eigenvalue weighted by Crippen LogP contribution is 1.81. The predicted octanol–water partition coefficient (Wildman–Crippen LogP) is -0.940. The number of hydrogen-bond acceptors (Lipinski definition) is 4. The quantitative estimate of drug-likeness (QED) is 0.530. The average Bonchev–Trinajstić information content (AvgIpc) is 2.51. The van der Waals surface area contributed by atoms with Gasteiger partial charge in [-0.15, -0.1) is 0 Å². The van der Waals surface area contributed by atoms with Crippen LogP contribution < -0.4 is 16.0 Å². The minimum absolute atomic E-state index is 0.00796. The Morgan fingerprint density at radius 3 is 3.00 bits per heavy atom. The Labute approximate surface area is 78.0 Å². The maximum atomic E-state index is 11.2. The molecule has 0 spiro atoms. The maximum Gasteiger partial charge on any atom is 0.239 e. The normalized spacial score (nSPS) is 15.2. The number of carbonyl (C=O) groups is 1. The molecule has 3 N–H and O–H groups in total. The number of aliphatic imine (C=N–C) groups is 1. The summed E-state index contributed by atoms with van der Waals surface area (Å²) in [5, 5.41) is 8.72. The number of rotatable bonds is 3. The number of carbonyl (C=O) groups excluding carboxylic acids is 1. The third kappa shape index (κ3) is 3.78. The molecule has 0 radical (unpaired) electrons. The van der Waals surface area contributed by atoms with Gasteiger partial charge in [0.25, 0.3) is 0 Å². The van der Waals surface area contributed by atoms with Crippen molar-refractivity contribution in [1.82, 2.24) is 16.0 Å². The van der Waals surface area contributed by atoms with Crippen LogP contribution in [0, 0.1) is 0 Å². The van der Waals surface area contributed by atoms with E-state index in [0.29, 0.717) is 0 Å². The lowest BCUT2D eigenvalue weighted by molar-refractivity contribution is -0.120. The summed E-state index contributed by atoms with van der Waals surface area (Å²) in [5.41, 5.74) is 0. The van der Waals surface area contributed by atoms with Gasteiger partial charge in [-0.05, 0) is 13.8 Å². The fourth-order valence-electron chi connectivity index (χ4n) is 1.05. The van der Waals surface area contributed by atoms with E-state index in [1.165, 1.54) is 0 Å². The van der Waals surface area contributed by atoms with Gasteiger partial charge < -0.3 is 16.0 Å². The first kappa shape index (κ1) is 9.83. The highest BCUT2D eigenvalue weighted by molar-refractivity contribution is 5.87. The first-order valence-electron chi connectivity index (χ1n) is 4.50. The standard InChI is InChI=1S/C8H16N4O/c1-6(2)12-7(13)5-11-8-9-3-4-10-8/h6H,3-5H2,1-2H3,(H,12,13)(H2,9,10,11). The van der Waals surface area contributed by atoms with E-state index in [9.17, 15) is 4.79 Å². The summed E-state index contributed by atoms with van der Waals surface area (Å²) in [6.07, 6.45) is 0. The Balaban J connectivity index is 2.14. The van der Waals surface area contributed by atoms with E-state index < -0.39 is 0 Å². The molecule has 1 amide bonds. The van der Waals surface area contributed by atoms with Gasteiger partial charge in [0, 0.05) is 12.6 Å². The lowest BCUT2D eigenvalue weighted by atomic mass is 10.4. The van der Waals surface area contributed by atoms with Crippen molar-refractivity contribution in [3.8, 4) is 0 Å². The molecular formula is C8H16N4O. The van der Waals surface area contributed by atoms with E-state index in [-0.39, 0.29) is 18.5 Å². The molecular weight excluding hydrogens is 168 g/mol. The van der Waals surface area contributed by atoms with Crippen molar-refractivity contribution in [2.45, 2.75) is 19.9 Å². The Hall–Kier alpha value is -1.26. The van der Waals surface area contributed by atoms with Crippen LogP contribution in [-0.2, 0) is 4.79 Å². The van der Waals surface area contributed by atoms with E-state index in [1.54, 1.807) is 0 Å². The lowest BCUT2D eigenvalue weighted by Crippen LogP contribution is -2.42. The SMILES string of the molecule is CC(C)NC(=O)CNC1=NCCN1. The highest BCUT2D eigenvalue weighted by Gasteiger charge is 2.06. The molecule has 1 heterocycles. The third-order valence-electron chi connectivity index (χ3n) is 1.54. The van der Waals surface area contributed by atoms with E-state index in [1.807, 2.05) is 13.8 Å². The molecule has 0 saturated heterocycles. The van der Waals surface area contributed by atoms with Crippen molar-refractivity contribution < 1.29 is 4.79 Å². The molecule has 0 aliphatic carbocycles. The van der Waals surface area contributed by atoms with Crippen molar-refractivity contribution in [3.63, 3.8) is 0 Å². The molecule has 0 bridgehead atoms. The minimum Gasteiger partial charge on any atom is -0.355 e. The second-order valence-electron chi connectivity index (χ2n) is 3.23. The molecule has 13 heavy (non-hydrogen) atoms. The van der Waals surface area contributed by atoms with E-state index in [0.717, 1.165) is 19.0 Å². The summed E-state index contributed by atoms with van der Waals surface area (Å²) in [6, 6.07) is 0.188.